The Morgan fingerprint density at radius 3 is 2.42 bits per heavy atom. The minimum Gasteiger partial charge on any atom is -0.496 e. The normalized spacial score (nSPS) is 11.0. The number of pyridine rings is 1. The van der Waals surface area contributed by atoms with Gasteiger partial charge in [0.2, 0.25) is 0 Å². The Bertz CT molecular complexity index is 1070. The first kappa shape index (κ1) is 17.0. The van der Waals surface area contributed by atoms with Gasteiger partial charge in [0.05, 0.1) is 23.5 Å². The number of halogens is 2. The van der Waals surface area contributed by atoms with Gasteiger partial charge in [0.15, 0.2) is 0 Å². The monoisotopic (exact) mass is 382 g/mol. The maximum Gasteiger partial charge on any atom is 0.137 e. The van der Waals surface area contributed by atoms with E-state index in [1.165, 1.54) is 0 Å². The fourth-order valence-corrected chi connectivity index (χ4v) is 3.39. The highest BCUT2D eigenvalue weighted by Crippen LogP contribution is 2.30. The van der Waals surface area contributed by atoms with Crippen molar-refractivity contribution in [2.75, 3.05) is 7.11 Å². The van der Waals surface area contributed by atoms with Gasteiger partial charge in [-0.05, 0) is 30.3 Å². The highest BCUT2D eigenvalue weighted by Gasteiger charge is 2.16. The SMILES string of the molecule is COc1ccccc1Cc1c(-c2ccc(Cl)cc2)nc2ccc(Cl)cn12. The Labute approximate surface area is 161 Å². The van der Waals surface area contributed by atoms with Crippen LogP contribution in [-0.4, -0.2) is 16.5 Å². The molecule has 0 aliphatic heterocycles. The van der Waals surface area contributed by atoms with Crippen molar-refractivity contribution in [1.29, 1.82) is 0 Å². The third-order valence-electron chi connectivity index (χ3n) is 4.35. The molecule has 0 aliphatic rings. The summed E-state index contributed by atoms with van der Waals surface area (Å²) in [5.41, 5.74) is 4.92. The Kier molecular flexibility index (Phi) is 4.58. The average Bonchev–Trinajstić information content (AvgIpc) is 3.00. The number of hydrogen-bond donors (Lipinski definition) is 0. The minimum absolute atomic E-state index is 0.666. The van der Waals surface area contributed by atoms with E-state index in [1.807, 2.05) is 65.2 Å². The second-order valence-corrected chi connectivity index (χ2v) is 6.85. The first-order chi connectivity index (χ1) is 12.7. The molecule has 2 aromatic carbocycles. The Balaban J connectivity index is 1.91. The lowest BCUT2D eigenvalue weighted by atomic mass is 10.0. The summed E-state index contributed by atoms with van der Waals surface area (Å²) in [6.45, 7) is 0. The number of hydrogen-bond acceptors (Lipinski definition) is 2. The molecule has 0 atom stereocenters. The van der Waals surface area contributed by atoms with Crippen molar-refractivity contribution in [3.05, 3.63) is 88.2 Å². The molecule has 2 aromatic heterocycles. The van der Waals surface area contributed by atoms with Gasteiger partial charge in [-0.1, -0.05) is 53.5 Å². The van der Waals surface area contributed by atoms with Gasteiger partial charge < -0.3 is 9.14 Å². The van der Waals surface area contributed by atoms with E-state index in [0.29, 0.717) is 16.5 Å². The third-order valence-corrected chi connectivity index (χ3v) is 4.83. The smallest absolute Gasteiger partial charge is 0.137 e. The van der Waals surface area contributed by atoms with E-state index in [-0.39, 0.29) is 0 Å². The summed E-state index contributed by atoms with van der Waals surface area (Å²) in [5, 5.41) is 1.37. The average molecular weight is 383 g/mol. The number of benzene rings is 2. The number of nitrogens with zero attached hydrogens (tertiary/aromatic N) is 2. The summed E-state index contributed by atoms with van der Waals surface area (Å²) >= 11 is 12.3. The lowest BCUT2D eigenvalue weighted by Gasteiger charge is -2.10. The van der Waals surface area contributed by atoms with Crippen LogP contribution in [0.4, 0.5) is 0 Å². The van der Waals surface area contributed by atoms with Crippen LogP contribution in [0.25, 0.3) is 16.9 Å². The molecule has 0 radical (unpaired) electrons. The summed E-state index contributed by atoms with van der Waals surface area (Å²) < 4.78 is 7.56. The second-order valence-electron chi connectivity index (χ2n) is 5.98. The predicted molar refractivity (Wildman–Crippen MR) is 106 cm³/mol. The summed E-state index contributed by atoms with van der Waals surface area (Å²) in [5.74, 6) is 0.853. The first-order valence-corrected chi connectivity index (χ1v) is 8.95. The van der Waals surface area contributed by atoms with Crippen molar-refractivity contribution in [1.82, 2.24) is 9.38 Å². The molecule has 0 unspecified atom stereocenters. The first-order valence-electron chi connectivity index (χ1n) is 8.20. The standard InChI is InChI=1S/C21H16Cl2N2O/c1-26-19-5-3-2-4-15(19)12-18-21(14-6-8-16(22)9-7-14)24-20-11-10-17(23)13-25(18)20/h2-11,13H,12H2,1H3. The van der Waals surface area contributed by atoms with Crippen LogP contribution in [0.1, 0.15) is 11.3 Å². The minimum atomic E-state index is 0.666. The molecule has 26 heavy (non-hydrogen) atoms. The molecule has 0 spiro atoms. The molecule has 4 aromatic rings. The summed E-state index contributed by atoms with van der Waals surface area (Å²) in [4.78, 5) is 4.83. The van der Waals surface area contributed by atoms with Crippen molar-refractivity contribution < 1.29 is 4.74 Å². The Morgan fingerprint density at radius 2 is 1.65 bits per heavy atom. The van der Waals surface area contributed by atoms with E-state index < -0.39 is 0 Å². The van der Waals surface area contributed by atoms with E-state index in [0.717, 1.165) is 33.9 Å². The molecule has 0 saturated heterocycles. The highest BCUT2D eigenvalue weighted by molar-refractivity contribution is 6.30. The largest absolute Gasteiger partial charge is 0.496 e. The number of imidazole rings is 1. The zero-order valence-corrected chi connectivity index (χ0v) is 15.6. The number of para-hydroxylation sites is 1. The van der Waals surface area contributed by atoms with E-state index >= 15 is 0 Å². The molecule has 4 rings (SSSR count). The van der Waals surface area contributed by atoms with Crippen LogP contribution in [0, 0.1) is 0 Å². The number of methoxy groups -OCH3 is 1. The van der Waals surface area contributed by atoms with Crippen molar-refractivity contribution >= 4 is 28.8 Å². The second kappa shape index (κ2) is 7.02. The molecular formula is C21H16Cl2N2O. The van der Waals surface area contributed by atoms with Crippen molar-refractivity contribution in [3.63, 3.8) is 0 Å². The topological polar surface area (TPSA) is 26.5 Å². The summed E-state index contributed by atoms with van der Waals surface area (Å²) in [6.07, 6.45) is 2.57. The maximum atomic E-state index is 6.24. The van der Waals surface area contributed by atoms with Crippen LogP contribution < -0.4 is 4.74 Å². The highest BCUT2D eigenvalue weighted by atomic mass is 35.5. The molecule has 0 bridgehead atoms. The van der Waals surface area contributed by atoms with Gasteiger partial charge in [-0.15, -0.1) is 0 Å². The van der Waals surface area contributed by atoms with Gasteiger partial charge in [-0.2, -0.15) is 0 Å². The van der Waals surface area contributed by atoms with Gasteiger partial charge in [0.25, 0.3) is 0 Å². The molecule has 0 amide bonds. The number of ether oxygens (including phenoxy) is 1. The van der Waals surface area contributed by atoms with Gasteiger partial charge in [0, 0.05) is 28.8 Å². The van der Waals surface area contributed by atoms with Crippen molar-refractivity contribution in [3.8, 4) is 17.0 Å². The molecule has 5 heteroatoms. The van der Waals surface area contributed by atoms with Gasteiger partial charge in [-0.3, -0.25) is 0 Å². The fourth-order valence-electron chi connectivity index (χ4n) is 3.10. The molecule has 130 valence electrons. The molecule has 0 N–H and O–H groups in total. The van der Waals surface area contributed by atoms with Gasteiger partial charge >= 0.3 is 0 Å². The number of rotatable bonds is 4. The molecule has 2 heterocycles. The van der Waals surface area contributed by atoms with Crippen LogP contribution in [0.2, 0.25) is 10.0 Å². The summed E-state index contributed by atoms with van der Waals surface area (Å²) in [7, 11) is 1.68. The molecular weight excluding hydrogens is 367 g/mol. The van der Waals surface area contributed by atoms with E-state index in [1.54, 1.807) is 7.11 Å². The van der Waals surface area contributed by atoms with Crippen molar-refractivity contribution in [2.45, 2.75) is 6.42 Å². The molecule has 3 nitrogen and oxygen atoms in total. The van der Waals surface area contributed by atoms with Gasteiger partial charge in [0.1, 0.15) is 11.4 Å². The van der Waals surface area contributed by atoms with E-state index in [4.69, 9.17) is 32.9 Å². The van der Waals surface area contributed by atoms with Crippen LogP contribution >= 0.6 is 23.2 Å². The number of aromatic nitrogens is 2. The molecule has 0 saturated carbocycles. The van der Waals surface area contributed by atoms with Gasteiger partial charge in [-0.25, -0.2) is 4.98 Å². The predicted octanol–water partition coefficient (Wildman–Crippen LogP) is 5.91. The Hall–Kier alpha value is -2.49. The molecule has 0 aliphatic carbocycles. The maximum absolute atomic E-state index is 6.24. The third kappa shape index (κ3) is 3.16. The van der Waals surface area contributed by atoms with Crippen LogP contribution in [-0.2, 0) is 6.42 Å². The van der Waals surface area contributed by atoms with Crippen LogP contribution in [0.3, 0.4) is 0 Å². The van der Waals surface area contributed by atoms with Crippen molar-refractivity contribution in [2.24, 2.45) is 0 Å². The fraction of sp³-hybridized carbons (Fsp3) is 0.0952. The number of fused-ring (bicyclic) bond motifs is 1. The summed E-state index contributed by atoms with van der Waals surface area (Å²) in [6, 6.07) is 19.5. The zero-order chi connectivity index (χ0) is 18.1. The lowest BCUT2D eigenvalue weighted by molar-refractivity contribution is 0.410. The zero-order valence-electron chi connectivity index (χ0n) is 14.1. The van der Waals surface area contributed by atoms with Crippen LogP contribution in [0.15, 0.2) is 66.9 Å². The van der Waals surface area contributed by atoms with E-state index in [2.05, 4.69) is 6.07 Å². The van der Waals surface area contributed by atoms with E-state index in [9.17, 15) is 0 Å². The molecule has 0 fully saturated rings. The lowest BCUT2D eigenvalue weighted by Crippen LogP contribution is -1.99. The quantitative estimate of drug-likeness (QED) is 0.438. The van der Waals surface area contributed by atoms with Crippen LogP contribution in [0.5, 0.6) is 5.75 Å². The Morgan fingerprint density at radius 1 is 0.923 bits per heavy atom.